The van der Waals surface area contributed by atoms with Gasteiger partial charge in [0.25, 0.3) is 0 Å². The summed E-state index contributed by atoms with van der Waals surface area (Å²) in [7, 11) is -1.38. The van der Waals surface area contributed by atoms with Crippen molar-refractivity contribution in [3.05, 3.63) is 48.4 Å². The van der Waals surface area contributed by atoms with Crippen molar-refractivity contribution in [2.24, 2.45) is 7.05 Å². The average molecular weight is 331 g/mol. The maximum atomic E-state index is 12.2. The molecular weight excluding hydrogens is 314 g/mol. The van der Waals surface area contributed by atoms with E-state index in [1.165, 1.54) is 6.33 Å². The molecule has 120 valence electrons. The quantitative estimate of drug-likeness (QED) is 0.734. The molecule has 7 nitrogen and oxygen atoms in total. The summed E-state index contributed by atoms with van der Waals surface area (Å²) in [5.41, 5.74) is 1.50. The van der Waals surface area contributed by atoms with Crippen LogP contribution >= 0.6 is 0 Å². The number of benzene rings is 1. The third-order valence-electron chi connectivity index (χ3n) is 3.46. The Bertz CT molecular complexity index is 906. The predicted octanol–water partition coefficient (Wildman–Crippen LogP) is 1.39. The molecule has 2 aromatic heterocycles. The third kappa shape index (κ3) is 3.65. The van der Waals surface area contributed by atoms with E-state index >= 15 is 0 Å². The van der Waals surface area contributed by atoms with Crippen LogP contribution in [0.1, 0.15) is 5.56 Å². The van der Waals surface area contributed by atoms with Crippen LogP contribution in [-0.2, 0) is 22.6 Å². The zero-order chi connectivity index (χ0) is 16.3. The third-order valence-corrected chi connectivity index (χ3v) is 5.06. The van der Waals surface area contributed by atoms with E-state index in [0.29, 0.717) is 11.5 Å². The molecule has 0 bridgehead atoms. The Hall–Kier alpha value is -2.48. The van der Waals surface area contributed by atoms with E-state index in [0.717, 1.165) is 10.9 Å². The van der Waals surface area contributed by atoms with Crippen molar-refractivity contribution in [3.8, 4) is 0 Å². The van der Waals surface area contributed by atoms with E-state index in [4.69, 9.17) is 0 Å². The number of fused-ring (bicyclic) bond motifs is 1. The molecule has 0 radical (unpaired) electrons. The Kier molecular flexibility index (Phi) is 4.24. The molecule has 0 spiro atoms. The van der Waals surface area contributed by atoms with Gasteiger partial charge in [-0.25, -0.2) is 18.4 Å². The maximum absolute atomic E-state index is 12.2. The van der Waals surface area contributed by atoms with Gasteiger partial charge in [0.1, 0.15) is 12.1 Å². The van der Waals surface area contributed by atoms with Crippen molar-refractivity contribution in [1.82, 2.24) is 19.7 Å². The van der Waals surface area contributed by atoms with Crippen molar-refractivity contribution in [3.63, 3.8) is 0 Å². The lowest BCUT2D eigenvalue weighted by Crippen LogP contribution is -2.18. The second-order valence-corrected chi connectivity index (χ2v) is 7.42. The monoisotopic (exact) mass is 331 g/mol. The maximum Gasteiger partial charge on any atom is 0.163 e. The molecule has 8 heteroatoms. The number of aryl methyl sites for hydroxylation is 1. The largest absolute Gasteiger partial charge is 0.368 e. The highest BCUT2D eigenvalue weighted by atomic mass is 32.2. The standard InChI is InChI=1S/C15H17N5O2S/c1-20-15-13(9-19-20)14(17-11-18-15)16-7-8-23(21,22)10-12-5-3-2-4-6-12/h2-6,9,11H,7-8,10H2,1H3,(H,16,17,18). The fourth-order valence-corrected chi connectivity index (χ4v) is 3.59. The molecule has 0 saturated carbocycles. The summed E-state index contributed by atoms with van der Waals surface area (Å²) in [5, 5.41) is 7.96. The molecule has 1 aromatic carbocycles. The van der Waals surface area contributed by atoms with E-state index in [9.17, 15) is 8.42 Å². The average Bonchev–Trinajstić information content (AvgIpc) is 2.90. The van der Waals surface area contributed by atoms with Gasteiger partial charge in [-0.15, -0.1) is 0 Å². The Morgan fingerprint density at radius 1 is 1.17 bits per heavy atom. The van der Waals surface area contributed by atoms with Crippen LogP contribution in [0.5, 0.6) is 0 Å². The first kappa shape index (κ1) is 15.4. The van der Waals surface area contributed by atoms with Gasteiger partial charge in [0.15, 0.2) is 15.5 Å². The molecule has 3 aromatic rings. The van der Waals surface area contributed by atoms with E-state index in [-0.39, 0.29) is 18.1 Å². The summed E-state index contributed by atoms with van der Waals surface area (Å²) in [4.78, 5) is 8.30. The molecule has 1 N–H and O–H groups in total. The molecule has 23 heavy (non-hydrogen) atoms. The van der Waals surface area contributed by atoms with Gasteiger partial charge in [-0.3, -0.25) is 4.68 Å². The number of sulfone groups is 1. The van der Waals surface area contributed by atoms with E-state index < -0.39 is 9.84 Å². The minimum Gasteiger partial charge on any atom is -0.368 e. The van der Waals surface area contributed by atoms with Crippen molar-refractivity contribution < 1.29 is 8.42 Å². The molecule has 0 saturated heterocycles. The smallest absolute Gasteiger partial charge is 0.163 e. The fraction of sp³-hybridized carbons (Fsp3) is 0.267. The topological polar surface area (TPSA) is 89.8 Å². The van der Waals surface area contributed by atoms with Gasteiger partial charge >= 0.3 is 0 Å². The normalized spacial score (nSPS) is 11.7. The van der Waals surface area contributed by atoms with Crippen LogP contribution in [0, 0.1) is 0 Å². The van der Waals surface area contributed by atoms with Gasteiger partial charge in [0, 0.05) is 13.6 Å². The minimum atomic E-state index is -3.18. The van der Waals surface area contributed by atoms with E-state index in [1.807, 2.05) is 30.3 Å². The summed E-state index contributed by atoms with van der Waals surface area (Å²) in [5.74, 6) is 0.674. The van der Waals surface area contributed by atoms with Crippen molar-refractivity contribution in [1.29, 1.82) is 0 Å². The lowest BCUT2D eigenvalue weighted by molar-refractivity contribution is 0.595. The molecule has 0 atom stereocenters. The number of hydrogen-bond donors (Lipinski definition) is 1. The van der Waals surface area contributed by atoms with Crippen LogP contribution in [0.25, 0.3) is 11.0 Å². The highest BCUT2D eigenvalue weighted by molar-refractivity contribution is 7.90. The van der Waals surface area contributed by atoms with Gasteiger partial charge in [-0.1, -0.05) is 30.3 Å². The Morgan fingerprint density at radius 3 is 2.74 bits per heavy atom. The van der Waals surface area contributed by atoms with Crippen LogP contribution in [0.4, 0.5) is 5.82 Å². The number of aromatic nitrogens is 4. The van der Waals surface area contributed by atoms with E-state index in [2.05, 4.69) is 20.4 Å². The SMILES string of the molecule is Cn1ncc2c(NCCS(=O)(=O)Cc3ccccc3)ncnc21. The summed E-state index contributed by atoms with van der Waals surface area (Å²) in [6.07, 6.45) is 3.10. The molecule has 0 fully saturated rings. The molecule has 0 amide bonds. The van der Waals surface area contributed by atoms with Crippen LogP contribution in [0.15, 0.2) is 42.9 Å². The Balaban J connectivity index is 1.64. The summed E-state index contributed by atoms with van der Waals surface area (Å²) in [6, 6.07) is 9.17. The second kappa shape index (κ2) is 6.33. The van der Waals surface area contributed by atoms with Gasteiger partial charge in [0.05, 0.1) is 23.1 Å². The number of rotatable bonds is 6. The highest BCUT2D eigenvalue weighted by Crippen LogP contribution is 2.17. The van der Waals surface area contributed by atoms with Crippen molar-refractivity contribution in [2.75, 3.05) is 17.6 Å². The first-order valence-electron chi connectivity index (χ1n) is 7.16. The van der Waals surface area contributed by atoms with Crippen LogP contribution in [0.2, 0.25) is 0 Å². The van der Waals surface area contributed by atoms with Gasteiger partial charge in [-0.05, 0) is 5.56 Å². The first-order valence-corrected chi connectivity index (χ1v) is 8.98. The van der Waals surface area contributed by atoms with E-state index in [1.54, 1.807) is 17.9 Å². The first-order chi connectivity index (χ1) is 11.1. The highest BCUT2D eigenvalue weighted by Gasteiger charge is 2.13. The predicted molar refractivity (Wildman–Crippen MR) is 88.7 cm³/mol. The molecule has 0 aliphatic rings. The number of hydrogen-bond acceptors (Lipinski definition) is 6. The van der Waals surface area contributed by atoms with Gasteiger partial charge in [0.2, 0.25) is 0 Å². The van der Waals surface area contributed by atoms with Crippen molar-refractivity contribution >= 4 is 26.7 Å². The summed E-state index contributed by atoms with van der Waals surface area (Å²) in [6.45, 7) is 0.288. The Morgan fingerprint density at radius 2 is 1.96 bits per heavy atom. The second-order valence-electron chi connectivity index (χ2n) is 5.23. The summed E-state index contributed by atoms with van der Waals surface area (Å²) >= 11 is 0. The number of anilines is 1. The molecule has 3 rings (SSSR count). The van der Waals surface area contributed by atoms with Gasteiger partial charge < -0.3 is 5.32 Å². The van der Waals surface area contributed by atoms with Crippen LogP contribution in [-0.4, -0.2) is 40.5 Å². The molecule has 0 unspecified atom stereocenters. The number of nitrogens with zero attached hydrogens (tertiary/aromatic N) is 4. The zero-order valence-electron chi connectivity index (χ0n) is 12.7. The van der Waals surface area contributed by atoms with Gasteiger partial charge in [-0.2, -0.15) is 5.10 Å². The molecule has 2 heterocycles. The Labute approximate surface area is 134 Å². The molecule has 0 aliphatic heterocycles. The zero-order valence-corrected chi connectivity index (χ0v) is 13.5. The fourth-order valence-electron chi connectivity index (χ4n) is 2.33. The number of nitrogens with one attached hydrogen (secondary N) is 1. The van der Waals surface area contributed by atoms with Crippen molar-refractivity contribution in [2.45, 2.75) is 5.75 Å². The lowest BCUT2D eigenvalue weighted by atomic mass is 10.2. The summed E-state index contributed by atoms with van der Waals surface area (Å²) < 4.78 is 26.0. The molecular formula is C15H17N5O2S. The minimum absolute atomic E-state index is 0.0354. The van der Waals surface area contributed by atoms with Crippen LogP contribution in [0.3, 0.4) is 0 Å². The van der Waals surface area contributed by atoms with Crippen LogP contribution < -0.4 is 5.32 Å². The lowest BCUT2D eigenvalue weighted by Gasteiger charge is -2.07. The molecule has 0 aliphatic carbocycles.